The van der Waals surface area contributed by atoms with Gasteiger partial charge in [0.2, 0.25) is 0 Å². The van der Waals surface area contributed by atoms with E-state index in [1.807, 2.05) is 0 Å². The summed E-state index contributed by atoms with van der Waals surface area (Å²) in [6.45, 7) is 11.8. The molecule has 84 valence electrons. The number of nitrogens with zero attached hydrogens (tertiary/aromatic N) is 1. The summed E-state index contributed by atoms with van der Waals surface area (Å²) in [5.74, 6) is 0. The van der Waals surface area contributed by atoms with Gasteiger partial charge in [-0.3, -0.25) is 0 Å². The van der Waals surface area contributed by atoms with Crippen molar-refractivity contribution in [3.63, 3.8) is 0 Å². The fraction of sp³-hybridized carbons (Fsp3) is 1.00. The molecule has 1 rings (SSSR count). The summed E-state index contributed by atoms with van der Waals surface area (Å²) in [6, 6.07) is 1.47. The molecule has 0 aliphatic carbocycles. The van der Waals surface area contributed by atoms with Crippen LogP contribution in [-0.2, 0) is 0 Å². The highest BCUT2D eigenvalue weighted by Crippen LogP contribution is 2.22. The van der Waals surface area contributed by atoms with Crippen molar-refractivity contribution in [2.75, 3.05) is 20.1 Å². The average Bonchev–Trinajstić information content (AvgIpc) is 2.06. The predicted molar refractivity (Wildman–Crippen MR) is 62.6 cm³/mol. The van der Waals surface area contributed by atoms with Crippen LogP contribution in [0.1, 0.15) is 40.5 Å². The van der Waals surface area contributed by atoms with Crippen LogP contribution in [0, 0.1) is 5.41 Å². The second kappa shape index (κ2) is 4.63. The number of hydrogen-bond donors (Lipinski definition) is 1. The normalized spacial score (nSPS) is 30.6. The highest BCUT2D eigenvalue weighted by molar-refractivity contribution is 4.84. The van der Waals surface area contributed by atoms with Gasteiger partial charge in [0.05, 0.1) is 0 Å². The topological polar surface area (TPSA) is 15.3 Å². The van der Waals surface area contributed by atoms with Gasteiger partial charge in [-0.25, -0.2) is 0 Å². The molecule has 1 heterocycles. The lowest BCUT2D eigenvalue weighted by atomic mass is 9.91. The molecular weight excluding hydrogens is 172 g/mol. The van der Waals surface area contributed by atoms with Crippen molar-refractivity contribution in [2.24, 2.45) is 5.41 Å². The van der Waals surface area contributed by atoms with Gasteiger partial charge in [0.25, 0.3) is 0 Å². The highest BCUT2D eigenvalue weighted by atomic mass is 15.2. The van der Waals surface area contributed by atoms with Crippen LogP contribution in [0.5, 0.6) is 0 Å². The molecule has 1 fully saturated rings. The molecule has 0 aromatic carbocycles. The minimum Gasteiger partial charge on any atom is -0.317 e. The second-order valence-electron chi connectivity index (χ2n) is 5.89. The Balaban J connectivity index is 2.42. The molecule has 1 N–H and O–H groups in total. The molecule has 2 atom stereocenters. The maximum absolute atomic E-state index is 3.39. The first kappa shape index (κ1) is 12.0. The molecule has 2 heteroatoms. The summed E-state index contributed by atoms with van der Waals surface area (Å²) in [5.41, 5.74) is 0.431. The number of rotatable bonds is 2. The molecule has 0 radical (unpaired) electrons. The first-order valence-electron chi connectivity index (χ1n) is 5.83. The third-order valence-corrected chi connectivity index (χ3v) is 3.10. The lowest BCUT2D eigenvalue weighted by molar-refractivity contribution is 0.0980. The van der Waals surface area contributed by atoms with Crippen LogP contribution in [0.15, 0.2) is 0 Å². The molecule has 2 nitrogen and oxygen atoms in total. The lowest BCUT2D eigenvalue weighted by Gasteiger charge is -2.40. The number of piperidine rings is 1. The SMILES string of the molecule is CNC1CCN(CC(C)(C)C)C(C)C1. The fourth-order valence-corrected chi connectivity index (χ4v) is 2.33. The van der Waals surface area contributed by atoms with Crippen LogP contribution in [0.2, 0.25) is 0 Å². The highest BCUT2D eigenvalue weighted by Gasteiger charge is 2.27. The monoisotopic (exact) mass is 198 g/mol. The summed E-state index contributed by atoms with van der Waals surface area (Å²) in [5, 5.41) is 3.39. The van der Waals surface area contributed by atoms with E-state index in [9.17, 15) is 0 Å². The molecule has 0 saturated carbocycles. The number of hydrogen-bond acceptors (Lipinski definition) is 2. The molecule has 14 heavy (non-hydrogen) atoms. The predicted octanol–water partition coefficient (Wildman–Crippen LogP) is 2.10. The quantitative estimate of drug-likeness (QED) is 0.731. The fourth-order valence-electron chi connectivity index (χ4n) is 2.33. The Hall–Kier alpha value is -0.0800. The van der Waals surface area contributed by atoms with Gasteiger partial charge < -0.3 is 10.2 Å². The third kappa shape index (κ3) is 3.58. The Bertz CT molecular complexity index is 172. The first-order valence-corrected chi connectivity index (χ1v) is 5.83. The van der Waals surface area contributed by atoms with Gasteiger partial charge in [-0.1, -0.05) is 20.8 Å². The molecule has 0 aromatic heterocycles. The zero-order chi connectivity index (χ0) is 10.8. The Morgan fingerprint density at radius 2 is 2.00 bits per heavy atom. The minimum atomic E-state index is 0.431. The Kier molecular flexibility index (Phi) is 3.96. The third-order valence-electron chi connectivity index (χ3n) is 3.10. The van der Waals surface area contributed by atoms with E-state index < -0.39 is 0 Å². The summed E-state index contributed by atoms with van der Waals surface area (Å²) in [7, 11) is 2.08. The summed E-state index contributed by atoms with van der Waals surface area (Å²) in [4.78, 5) is 2.63. The van der Waals surface area contributed by atoms with E-state index in [4.69, 9.17) is 0 Å². The van der Waals surface area contributed by atoms with Crippen molar-refractivity contribution in [2.45, 2.75) is 52.6 Å². The summed E-state index contributed by atoms with van der Waals surface area (Å²) < 4.78 is 0. The van der Waals surface area contributed by atoms with Gasteiger partial charge in [-0.15, -0.1) is 0 Å². The van der Waals surface area contributed by atoms with Gasteiger partial charge in [-0.05, 0) is 38.8 Å². The smallest absolute Gasteiger partial charge is 0.00910 e. The van der Waals surface area contributed by atoms with Crippen LogP contribution in [0.3, 0.4) is 0 Å². The van der Waals surface area contributed by atoms with E-state index in [1.54, 1.807) is 0 Å². The van der Waals surface area contributed by atoms with Crippen molar-refractivity contribution in [1.82, 2.24) is 10.2 Å². The van der Waals surface area contributed by atoms with E-state index in [2.05, 4.69) is 45.0 Å². The van der Waals surface area contributed by atoms with E-state index in [-0.39, 0.29) is 0 Å². The first-order chi connectivity index (χ1) is 6.42. The summed E-state index contributed by atoms with van der Waals surface area (Å²) in [6.07, 6.45) is 2.60. The molecular formula is C12H26N2. The zero-order valence-corrected chi connectivity index (χ0v) is 10.4. The molecule has 2 unspecified atom stereocenters. The van der Waals surface area contributed by atoms with Crippen LogP contribution in [-0.4, -0.2) is 37.1 Å². The molecule has 0 amide bonds. The van der Waals surface area contributed by atoms with E-state index in [0.717, 1.165) is 12.1 Å². The Morgan fingerprint density at radius 1 is 1.36 bits per heavy atom. The molecule has 1 aliphatic heterocycles. The second-order valence-corrected chi connectivity index (χ2v) is 5.89. The van der Waals surface area contributed by atoms with Crippen molar-refractivity contribution in [1.29, 1.82) is 0 Å². The Labute approximate surface area is 89.1 Å². The van der Waals surface area contributed by atoms with Crippen molar-refractivity contribution < 1.29 is 0 Å². The number of nitrogens with one attached hydrogen (secondary N) is 1. The van der Waals surface area contributed by atoms with Gasteiger partial charge in [-0.2, -0.15) is 0 Å². The van der Waals surface area contributed by atoms with Crippen LogP contribution in [0.4, 0.5) is 0 Å². The van der Waals surface area contributed by atoms with E-state index in [1.165, 1.54) is 25.9 Å². The largest absolute Gasteiger partial charge is 0.317 e. The van der Waals surface area contributed by atoms with Gasteiger partial charge in [0.15, 0.2) is 0 Å². The van der Waals surface area contributed by atoms with Crippen molar-refractivity contribution in [3.8, 4) is 0 Å². The maximum atomic E-state index is 3.39. The molecule has 0 spiro atoms. The maximum Gasteiger partial charge on any atom is 0.00910 e. The van der Waals surface area contributed by atoms with Gasteiger partial charge in [0.1, 0.15) is 0 Å². The van der Waals surface area contributed by atoms with E-state index in [0.29, 0.717) is 5.41 Å². The average molecular weight is 198 g/mol. The van der Waals surface area contributed by atoms with Gasteiger partial charge in [0, 0.05) is 18.6 Å². The van der Waals surface area contributed by atoms with Crippen molar-refractivity contribution in [3.05, 3.63) is 0 Å². The molecule has 0 bridgehead atoms. The van der Waals surface area contributed by atoms with Crippen LogP contribution in [0.25, 0.3) is 0 Å². The molecule has 0 aromatic rings. The van der Waals surface area contributed by atoms with Crippen LogP contribution < -0.4 is 5.32 Å². The molecule has 1 saturated heterocycles. The zero-order valence-electron chi connectivity index (χ0n) is 10.4. The van der Waals surface area contributed by atoms with Gasteiger partial charge >= 0.3 is 0 Å². The van der Waals surface area contributed by atoms with E-state index >= 15 is 0 Å². The lowest BCUT2D eigenvalue weighted by Crippen LogP contribution is -2.49. The number of likely N-dealkylation sites (tertiary alicyclic amines) is 1. The standard InChI is InChI=1S/C12H26N2/c1-10-8-11(13-5)6-7-14(10)9-12(2,3)4/h10-11,13H,6-9H2,1-5H3. The van der Waals surface area contributed by atoms with Crippen molar-refractivity contribution >= 4 is 0 Å². The summed E-state index contributed by atoms with van der Waals surface area (Å²) >= 11 is 0. The minimum absolute atomic E-state index is 0.431. The molecule has 1 aliphatic rings. The Morgan fingerprint density at radius 3 is 2.43 bits per heavy atom. The van der Waals surface area contributed by atoms with Crippen LogP contribution >= 0.6 is 0 Å².